The van der Waals surface area contributed by atoms with Gasteiger partial charge in [-0.1, -0.05) is 65.8 Å². The number of carbonyl (C=O) groups excluding carboxylic acids is 1. The lowest BCUT2D eigenvalue weighted by Crippen LogP contribution is -2.41. The average Bonchev–Trinajstić information content (AvgIpc) is 3.25. The molecule has 3 aromatic rings. The lowest BCUT2D eigenvalue weighted by molar-refractivity contribution is -0.122. The molecule has 0 unspecified atom stereocenters. The summed E-state index contributed by atoms with van der Waals surface area (Å²) >= 11 is 0. The molecular weight excluding hydrogens is 352 g/mol. The van der Waals surface area contributed by atoms with Crippen molar-refractivity contribution in [3.05, 3.63) is 72.1 Å². The van der Waals surface area contributed by atoms with Gasteiger partial charge in [0.15, 0.2) is 0 Å². The monoisotopic (exact) mass is 376 g/mol. The predicted molar refractivity (Wildman–Crippen MR) is 106 cm³/mol. The highest BCUT2D eigenvalue weighted by Gasteiger charge is 2.26. The highest BCUT2D eigenvalue weighted by atomic mass is 16.5. The molecule has 6 nitrogen and oxygen atoms in total. The van der Waals surface area contributed by atoms with Crippen molar-refractivity contribution >= 4 is 5.91 Å². The molecule has 0 radical (unpaired) electrons. The van der Waals surface area contributed by atoms with Crippen LogP contribution in [0.15, 0.2) is 65.2 Å². The minimum Gasteiger partial charge on any atom is -0.351 e. The molecule has 2 aromatic carbocycles. The normalized spacial score (nSPS) is 15.4. The first-order valence-electron chi connectivity index (χ1n) is 9.70. The summed E-state index contributed by atoms with van der Waals surface area (Å²) in [6.45, 7) is 2.71. The first-order chi connectivity index (χ1) is 13.8. The number of nitrogens with zero attached hydrogens (tertiary/aromatic N) is 3. The van der Waals surface area contributed by atoms with E-state index in [1.54, 1.807) is 0 Å². The SMILES string of the molecule is O=C(CN1CCC(c2nc(-c3ccccc3)no2)CC1)NCc1ccccc1. The molecule has 28 heavy (non-hydrogen) atoms. The Hall–Kier alpha value is -2.99. The summed E-state index contributed by atoms with van der Waals surface area (Å²) in [6, 6.07) is 19.8. The molecule has 1 aliphatic heterocycles. The van der Waals surface area contributed by atoms with E-state index in [1.165, 1.54) is 0 Å². The Balaban J connectivity index is 1.24. The van der Waals surface area contributed by atoms with Gasteiger partial charge in [0.05, 0.1) is 6.54 Å². The van der Waals surface area contributed by atoms with Crippen LogP contribution >= 0.6 is 0 Å². The summed E-state index contributed by atoms with van der Waals surface area (Å²) in [7, 11) is 0. The molecule has 4 rings (SSSR count). The van der Waals surface area contributed by atoms with E-state index in [0.717, 1.165) is 37.1 Å². The van der Waals surface area contributed by atoms with Crippen molar-refractivity contribution in [3.63, 3.8) is 0 Å². The van der Waals surface area contributed by atoms with E-state index in [1.807, 2.05) is 60.7 Å². The van der Waals surface area contributed by atoms with Crippen LogP contribution in [0.4, 0.5) is 0 Å². The first kappa shape index (κ1) is 18.4. The summed E-state index contributed by atoms with van der Waals surface area (Å²) in [6.07, 6.45) is 1.84. The van der Waals surface area contributed by atoms with Crippen molar-refractivity contribution in [3.8, 4) is 11.4 Å². The van der Waals surface area contributed by atoms with Crippen molar-refractivity contribution < 1.29 is 9.32 Å². The van der Waals surface area contributed by atoms with E-state index in [-0.39, 0.29) is 11.8 Å². The largest absolute Gasteiger partial charge is 0.351 e. The summed E-state index contributed by atoms with van der Waals surface area (Å²) in [5, 5.41) is 7.11. The average molecular weight is 376 g/mol. The Morgan fingerprint density at radius 3 is 2.43 bits per heavy atom. The van der Waals surface area contributed by atoms with Gasteiger partial charge < -0.3 is 9.84 Å². The second-order valence-electron chi connectivity index (χ2n) is 7.13. The lowest BCUT2D eigenvalue weighted by Gasteiger charge is -2.29. The first-order valence-corrected chi connectivity index (χ1v) is 9.70. The Morgan fingerprint density at radius 2 is 1.71 bits per heavy atom. The van der Waals surface area contributed by atoms with Crippen molar-refractivity contribution in [2.75, 3.05) is 19.6 Å². The maximum Gasteiger partial charge on any atom is 0.234 e. The second-order valence-corrected chi connectivity index (χ2v) is 7.13. The van der Waals surface area contributed by atoms with Gasteiger partial charge >= 0.3 is 0 Å². The van der Waals surface area contributed by atoms with Gasteiger partial charge in [-0.2, -0.15) is 4.98 Å². The molecule has 2 heterocycles. The maximum absolute atomic E-state index is 12.2. The molecular formula is C22H24N4O2. The fourth-order valence-electron chi connectivity index (χ4n) is 3.50. The molecule has 0 aliphatic carbocycles. The predicted octanol–water partition coefficient (Wildman–Crippen LogP) is 3.23. The standard InChI is InChI=1S/C22H24N4O2/c27-20(23-15-17-7-3-1-4-8-17)16-26-13-11-19(12-14-26)22-24-21(25-28-22)18-9-5-2-6-10-18/h1-10,19H,11-16H2,(H,23,27). The zero-order valence-electron chi connectivity index (χ0n) is 15.8. The molecule has 6 heteroatoms. The third-order valence-corrected chi connectivity index (χ3v) is 5.11. The van der Waals surface area contributed by atoms with Gasteiger partial charge in [-0.05, 0) is 31.5 Å². The van der Waals surface area contributed by atoms with Gasteiger partial charge in [-0.25, -0.2) is 0 Å². The van der Waals surface area contributed by atoms with Gasteiger partial charge in [-0.15, -0.1) is 0 Å². The van der Waals surface area contributed by atoms with Gasteiger partial charge in [0, 0.05) is 18.0 Å². The van der Waals surface area contributed by atoms with Crippen LogP contribution in [0, 0.1) is 0 Å². The minimum atomic E-state index is 0.0615. The lowest BCUT2D eigenvalue weighted by atomic mass is 9.97. The number of likely N-dealkylation sites (tertiary alicyclic amines) is 1. The van der Waals surface area contributed by atoms with Crippen LogP contribution in [0.2, 0.25) is 0 Å². The van der Waals surface area contributed by atoms with Crippen LogP contribution in [-0.4, -0.2) is 40.6 Å². The molecule has 144 valence electrons. The van der Waals surface area contributed by atoms with Gasteiger partial charge in [0.2, 0.25) is 17.6 Å². The second kappa shape index (κ2) is 8.80. The molecule has 0 saturated carbocycles. The van der Waals surface area contributed by atoms with E-state index >= 15 is 0 Å². The number of benzene rings is 2. The van der Waals surface area contributed by atoms with Crippen LogP contribution in [0.25, 0.3) is 11.4 Å². The van der Waals surface area contributed by atoms with Gasteiger partial charge in [-0.3, -0.25) is 9.69 Å². The Kier molecular flexibility index (Phi) is 5.77. The third kappa shape index (κ3) is 4.64. The topological polar surface area (TPSA) is 71.3 Å². The zero-order chi connectivity index (χ0) is 19.2. The number of carbonyl (C=O) groups is 1. The van der Waals surface area contributed by atoms with E-state index < -0.39 is 0 Å². The fraction of sp³-hybridized carbons (Fsp3) is 0.318. The molecule has 1 saturated heterocycles. The summed E-state index contributed by atoms with van der Waals surface area (Å²) < 4.78 is 5.50. The Bertz CT molecular complexity index is 887. The third-order valence-electron chi connectivity index (χ3n) is 5.11. The van der Waals surface area contributed by atoms with Crippen molar-refractivity contribution in [1.82, 2.24) is 20.4 Å². The van der Waals surface area contributed by atoms with E-state index in [2.05, 4.69) is 20.4 Å². The quantitative estimate of drug-likeness (QED) is 0.715. The van der Waals surface area contributed by atoms with Crippen LogP contribution in [0.5, 0.6) is 0 Å². The Morgan fingerprint density at radius 1 is 1.04 bits per heavy atom. The summed E-state index contributed by atoms with van der Waals surface area (Å²) in [4.78, 5) is 19.0. The number of rotatable bonds is 6. The highest BCUT2D eigenvalue weighted by molar-refractivity contribution is 5.78. The number of hydrogen-bond donors (Lipinski definition) is 1. The summed E-state index contributed by atoms with van der Waals surface area (Å²) in [5.74, 6) is 1.66. The minimum absolute atomic E-state index is 0.0615. The molecule has 1 amide bonds. The molecule has 1 fully saturated rings. The number of hydrogen-bond acceptors (Lipinski definition) is 5. The van der Waals surface area contributed by atoms with E-state index in [4.69, 9.17) is 4.52 Å². The Labute approximate surface area is 164 Å². The maximum atomic E-state index is 12.2. The number of nitrogens with one attached hydrogen (secondary N) is 1. The number of amides is 1. The zero-order valence-corrected chi connectivity index (χ0v) is 15.8. The van der Waals surface area contributed by atoms with Crippen molar-refractivity contribution in [1.29, 1.82) is 0 Å². The smallest absolute Gasteiger partial charge is 0.234 e. The van der Waals surface area contributed by atoms with Crippen molar-refractivity contribution in [2.45, 2.75) is 25.3 Å². The van der Waals surface area contributed by atoms with Crippen LogP contribution < -0.4 is 5.32 Å². The van der Waals surface area contributed by atoms with Crippen LogP contribution in [0.3, 0.4) is 0 Å². The highest BCUT2D eigenvalue weighted by Crippen LogP contribution is 2.28. The van der Waals surface area contributed by atoms with Crippen LogP contribution in [0.1, 0.15) is 30.2 Å². The molecule has 1 N–H and O–H groups in total. The number of piperidine rings is 1. The fourth-order valence-corrected chi connectivity index (χ4v) is 3.50. The van der Waals surface area contributed by atoms with Gasteiger partial charge in [0.1, 0.15) is 0 Å². The molecule has 1 aliphatic rings. The molecule has 0 bridgehead atoms. The van der Waals surface area contributed by atoms with Gasteiger partial charge in [0.25, 0.3) is 0 Å². The number of aromatic nitrogens is 2. The van der Waals surface area contributed by atoms with Crippen molar-refractivity contribution in [2.24, 2.45) is 0 Å². The van der Waals surface area contributed by atoms with E-state index in [9.17, 15) is 4.79 Å². The molecule has 0 atom stereocenters. The molecule has 0 spiro atoms. The summed E-state index contributed by atoms with van der Waals surface area (Å²) in [5.41, 5.74) is 2.07. The van der Waals surface area contributed by atoms with E-state index in [0.29, 0.717) is 24.8 Å². The molecule has 1 aromatic heterocycles. The van der Waals surface area contributed by atoms with Crippen LogP contribution in [-0.2, 0) is 11.3 Å².